The number of aliphatic carboxylic acids is 2. The van der Waals surface area contributed by atoms with Crippen molar-refractivity contribution in [2.45, 2.75) is 251 Å². The normalized spacial score (nSPS) is 15.7. The van der Waals surface area contributed by atoms with Crippen molar-refractivity contribution in [3.8, 4) is 0 Å². The maximum absolute atomic E-state index is 14.1. The van der Waals surface area contributed by atoms with Crippen molar-refractivity contribution in [2.24, 2.45) is 35.1 Å². The highest BCUT2D eigenvalue weighted by Crippen LogP contribution is 2.25. The number of alkyl carbamates (subject to hydrolysis) is 2. The first kappa shape index (κ1) is 107. The summed E-state index contributed by atoms with van der Waals surface area (Å²) < 4.78 is 42.4. The van der Waals surface area contributed by atoms with Gasteiger partial charge in [-0.2, -0.15) is 13.2 Å². The highest BCUT2D eigenvalue weighted by Gasteiger charge is 2.40. The van der Waals surface area contributed by atoms with Crippen LogP contribution < -0.4 is 59.3 Å². The maximum atomic E-state index is 14.1. The van der Waals surface area contributed by atoms with Crippen molar-refractivity contribution >= 4 is 88.9 Å². The largest absolute Gasteiger partial charge is 0.490 e. The van der Waals surface area contributed by atoms with Crippen LogP contribution in [0.3, 0.4) is 0 Å². The Bertz CT molecular complexity index is 4230. The Morgan fingerprint density at radius 3 is 1.20 bits per heavy atom. The summed E-state index contributed by atoms with van der Waals surface area (Å²) in [4.78, 5) is 195. The Morgan fingerprint density at radius 2 is 0.812 bits per heavy atom. The number of carbonyl (C=O) groups is 15. The fourth-order valence-electron chi connectivity index (χ4n) is 13.7. The number of alkyl halides is 3. The monoisotopic (exact) mass is 1790 g/mol. The molecule has 4 fully saturated rings. The van der Waals surface area contributed by atoms with Crippen LogP contribution in [0.15, 0.2) is 121 Å². The third-order valence-corrected chi connectivity index (χ3v) is 20.6. The molecule has 4 aromatic rings. The first-order valence-corrected chi connectivity index (χ1v) is 43.9. The van der Waals surface area contributed by atoms with E-state index in [1.807, 2.05) is 149 Å². The van der Waals surface area contributed by atoms with Crippen LogP contribution in [0.1, 0.15) is 181 Å². The van der Waals surface area contributed by atoms with Gasteiger partial charge in [0.05, 0.1) is 18.1 Å². The van der Waals surface area contributed by atoms with Crippen LogP contribution >= 0.6 is 0 Å². The quantitative estimate of drug-likeness (QED) is 0.0166. The van der Waals surface area contributed by atoms with Gasteiger partial charge >= 0.3 is 53.9 Å². The van der Waals surface area contributed by atoms with Gasteiger partial charge in [-0.05, 0) is 178 Å². The molecule has 8 rings (SSSR count). The van der Waals surface area contributed by atoms with E-state index in [9.17, 15) is 85.4 Å². The zero-order valence-corrected chi connectivity index (χ0v) is 75.2. The van der Waals surface area contributed by atoms with Crippen molar-refractivity contribution in [1.29, 1.82) is 0 Å². The predicted molar refractivity (Wildman–Crippen MR) is 472 cm³/mol. The standard InChI is InChI=1S/C41H60N4O9.C40H57N7O6.C9H15N3O2.C2HF3O2/c1-27(2)23-30(35(47)43-31(37(49)50)21-15-16-22-42-38(51)53-40(3,4)5)26-34(46)32(24-28-17-11-9-12-18-28)44-36(48)33(25-29-19-13-10-14-20-29)45-39(52)54-41(6,7)8;1-27(2)23-30(26-35(48)34(25-29-13-7-4-8-14-29)45-37(50)32(42)24-28-11-5-3-6-12-28)36(49)44-33(15-9-10-18-41)39(52)46-19-21-47(22-20-46)40(53)38(51)43-31-16-17-31;13-8(11-7-1-2-7)9(14)12-5-3-10-4-6-12;3-2(4,5)1(6)7/h9-14,17-20,27,30-33H,15-16,21-26H2,1-8H3,(H,42,51)(H,43,47)(H,44,48)(H,45,52)(H,49,50);3-8,11-14,27,30-34H,9-10,15-26,41-42H2,1-2H3,(H,43,51)(H,44,49)(H,45,50);7,10H,1-6H2,(H,11,13);(H,6,7)/t30-,31+,32+,33+;30-,32+,33+,34+;;/m00../s1. The highest BCUT2D eigenvalue weighted by atomic mass is 19.4. The van der Waals surface area contributed by atoms with Crippen molar-refractivity contribution < 1.29 is 105 Å². The van der Waals surface area contributed by atoms with E-state index in [2.05, 4.69) is 47.9 Å². The van der Waals surface area contributed by atoms with E-state index in [-0.39, 0.29) is 113 Å². The number of hydrogen-bond acceptors (Lipinski definition) is 20. The van der Waals surface area contributed by atoms with Gasteiger partial charge in [0, 0.05) is 102 Å². The van der Waals surface area contributed by atoms with E-state index in [1.165, 1.54) is 4.90 Å². The number of ketones is 2. The molecule has 2 aliphatic carbocycles. The van der Waals surface area contributed by atoms with Crippen molar-refractivity contribution in [1.82, 2.24) is 62.6 Å². The summed E-state index contributed by atoms with van der Waals surface area (Å²) in [6.07, 6.45) is 1.03. The zero-order chi connectivity index (χ0) is 94.8. The van der Waals surface area contributed by atoms with Crippen LogP contribution in [-0.2, 0) is 97.5 Å². The molecule has 0 bridgehead atoms. The second-order valence-corrected chi connectivity index (χ2v) is 35.3. The van der Waals surface area contributed by atoms with Gasteiger partial charge in [0.15, 0.2) is 11.6 Å². The third kappa shape index (κ3) is 42.9. The number of nitrogens with zero attached hydrogens (tertiary/aromatic N) is 3. The molecule has 11 amide bonds. The third-order valence-electron chi connectivity index (χ3n) is 20.6. The number of rotatable bonds is 40. The summed E-state index contributed by atoms with van der Waals surface area (Å²) in [5.41, 5.74) is 13.9. The molecule has 2 saturated heterocycles. The maximum Gasteiger partial charge on any atom is 0.490 e. The number of piperazine rings is 2. The molecule has 0 aromatic heterocycles. The lowest BCUT2D eigenvalue weighted by atomic mass is 9.88. The molecule has 36 heteroatoms. The van der Waals surface area contributed by atoms with Gasteiger partial charge in [-0.15, -0.1) is 0 Å². The number of carboxylic acid groups (broad SMARTS) is 2. The predicted octanol–water partition coefficient (Wildman–Crippen LogP) is 6.53. The van der Waals surface area contributed by atoms with Gasteiger partial charge in [-0.1, -0.05) is 149 Å². The minimum atomic E-state index is -5.08. The van der Waals surface area contributed by atoms with E-state index in [1.54, 1.807) is 51.3 Å². The molecule has 2 heterocycles. The number of ether oxygens (including phenoxy) is 2. The Morgan fingerprint density at radius 1 is 0.453 bits per heavy atom. The van der Waals surface area contributed by atoms with Crippen LogP contribution in [-0.4, -0.2) is 245 Å². The van der Waals surface area contributed by atoms with Crippen LogP contribution in [0.2, 0.25) is 0 Å². The average Bonchev–Trinajstić information content (AvgIpc) is 1.67. The molecule has 15 N–H and O–H groups in total. The number of nitrogens with one attached hydrogen (secondary N) is 9. The first-order valence-electron chi connectivity index (χ1n) is 43.9. The number of Topliss-reactive ketones (excluding diaryl/α,β-unsaturated/α-hetero) is 2. The van der Waals surface area contributed by atoms with Gasteiger partial charge in [0.1, 0.15) is 29.3 Å². The molecular weight excluding hydrogens is 1660 g/mol. The number of unbranched alkanes of at least 4 members (excludes halogenated alkanes) is 2. The van der Waals surface area contributed by atoms with Crippen LogP contribution in [0.25, 0.3) is 0 Å². The molecular formula is C92H133F3N14O19. The van der Waals surface area contributed by atoms with Gasteiger partial charge in [0.2, 0.25) is 29.5 Å². The topological polar surface area (TPSA) is 485 Å². The lowest BCUT2D eigenvalue weighted by molar-refractivity contribution is -0.192. The SMILES string of the molecule is CC(C)C[C@@H](CC(=O)[C@@H](Cc1ccccc1)NC(=O)[C@@H](Cc1ccccc1)NC(=O)OC(C)(C)C)C(=O)N[C@H](CCCCNC(=O)OC(C)(C)C)C(=O)O.CC(C)C[C@@H](CC(=O)[C@@H](Cc1ccccc1)NC(=O)[C@H](N)Cc1ccccc1)C(=O)N[C@H](CCCCN)C(=O)N1CCN(C(=O)C(=O)NC2CC2)CC1.O=C(NC1CC1)C(=O)N1CCNCC1.O=C(O)C(F)(F)F. The summed E-state index contributed by atoms with van der Waals surface area (Å²) in [5.74, 6) is -10.6. The molecule has 0 radical (unpaired) electrons. The smallest absolute Gasteiger partial charge is 0.480 e. The Hall–Kier alpha value is -11.4. The van der Waals surface area contributed by atoms with E-state index in [0.29, 0.717) is 71.0 Å². The summed E-state index contributed by atoms with van der Waals surface area (Å²) in [5, 5.41) is 42.2. The number of nitrogens with two attached hydrogens (primary N) is 2. The van der Waals surface area contributed by atoms with Gasteiger partial charge in [-0.25, -0.2) is 19.2 Å². The van der Waals surface area contributed by atoms with Crippen LogP contribution in [0.5, 0.6) is 0 Å². The Balaban J connectivity index is 0.000000368. The van der Waals surface area contributed by atoms with E-state index < -0.39 is 137 Å². The Kier molecular flexibility index (Phi) is 45.2. The minimum absolute atomic E-state index is 0.00815. The van der Waals surface area contributed by atoms with Crippen LogP contribution in [0, 0.1) is 23.7 Å². The molecule has 33 nitrogen and oxygen atoms in total. The number of halogens is 3. The lowest BCUT2D eigenvalue weighted by Crippen LogP contribution is -2.58. The zero-order valence-electron chi connectivity index (χ0n) is 75.2. The summed E-state index contributed by atoms with van der Waals surface area (Å²) in [6, 6.07) is 31.3. The molecule has 8 atom stereocenters. The molecule has 706 valence electrons. The number of amides is 11. The number of hydrogen-bond donors (Lipinski definition) is 13. The van der Waals surface area contributed by atoms with Crippen LogP contribution in [0.4, 0.5) is 22.8 Å². The molecule has 4 aliphatic rings. The Labute approximate surface area is 747 Å². The van der Waals surface area contributed by atoms with E-state index >= 15 is 0 Å². The van der Waals surface area contributed by atoms with Crippen molar-refractivity contribution in [2.75, 3.05) is 65.4 Å². The number of carbonyl (C=O) groups excluding carboxylic acids is 13. The summed E-state index contributed by atoms with van der Waals surface area (Å²) in [7, 11) is 0. The highest BCUT2D eigenvalue weighted by molar-refractivity contribution is 6.35. The van der Waals surface area contributed by atoms with Crippen molar-refractivity contribution in [3.63, 3.8) is 0 Å². The first-order chi connectivity index (χ1) is 60.4. The van der Waals surface area contributed by atoms with E-state index in [0.717, 1.165) is 61.0 Å². The molecule has 2 saturated carbocycles. The average molecular weight is 1800 g/mol. The fraction of sp³-hybridized carbons (Fsp3) is 0.576. The molecule has 0 unspecified atom stereocenters. The lowest BCUT2D eigenvalue weighted by Gasteiger charge is -2.36. The second kappa shape index (κ2) is 54.0. The minimum Gasteiger partial charge on any atom is -0.480 e. The van der Waals surface area contributed by atoms with Crippen molar-refractivity contribution in [3.05, 3.63) is 144 Å². The van der Waals surface area contributed by atoms with Gasteiger partial charge in [0.25, 0.3) is 0 Å². The molecule has 128 heavy (non-hydrogen) atoms. The molecule has 2 aliphatic heterocycles. The van der Waals surface area contributed by atoms with E-state index in [4.69, 9.17) is 30.8 Å². The summed E-state index contributed by atoms with van der Waals surface area (Å²) in [6.45, 7) is 22.5. The molecule has 4 aromatic carbocycles. The number of benzene rings is 4. The van der Waals surface area contributed by atoms with Gasteiger partial charge in [-0.3, -0.25) is 52.7 Å². The van der Waals surface area contributed by atoms with Gasteiger partial charge < -0.3 is 93.7 Å². The molecule has 0 spiro atoms. The second-order valence-electron chi connectivity index (χ2n) is 35.3. The number of carboxylic acids is 2. The summed E-state index contributed by atoms with van der Waals surface area (Å²) >= 11 is 0. The fourth-order valence-corrected chi connectivity index (χ4v) is 13.7.